The number of pyridine rings is 2. The Bertz CT molecular complexity index is 1220. The van der Waals surface area contributed by atoms with Gasteiger partial charge in [-0.2, -0.15) is 0 Å². The van der Waals surface area contributed by atoms with Gasteiger partial charge < -0.3 is 19.1 Å². The summed E-state index contributed by atoms with van der Waals surface area (Å²) in [4.78, 5) is 29.0. The summed E-state index contributed by atoms with van der Waals surface area (Å²) in [5.41, 5.74) is 2.38. The Morgan fingerprint density at radius 2 is 2.11 bits per heavy atom. The van der Waals surface area contributed by atoms with Gasteiger partial charge in [-0.3, -0.25) is 4.79 Å². The molecule has 0 spiro atoms. The predicted octanol–water partition coefficient (Wildman–Crippen LogP) is 1.66. The van der Waals surface area contributed by atoms with Gasteiger partial charge in [-0.1, -0.05) is 0 Å². The van der Waals surface area contributed by atoms with E-state index in [4.69, 9.17) is 9.47 Å². The molecule has 1 unspecified atom stereocenters. The van der Waals surface area contributed by atoms with Crippen molar-refractivity contribution in [2.45, 2.75) is 19.3 Å². The van der Waals surface area contributed by atoms with Crippen molar-refractivity contribution in [3.05, 3.63) is 57.1 Å². The van der Waals surface area contributed by atoms with Gasteiger partial charge in [0, 0.05) is 22.6 Å². The van der Waals surface area contributed by atoms with E-state index in [1.807, 2.05) is 6.07 Å². The molecule has 3 aromatic rings. The van der Waals surface area contributed by atoms with Gasteiger partial charge in [0.15, 0.2) is 17.7 Å². The number of esters is 1. The fourth-order valence-corrected chi connectivity index (χ4v) is 3.69. The van der Waals surface area contributed by atoms with Gasteiger partial charge in [0.05, 0.1) is 36.1 Å². The molecule has 136 valence electrons. The molecule has 0 aliphatic carbocycles. The summed E-state index contributed by atoms with van der Waals surface area (Å²) < 4.78 is 25.4. The molecule has 0 radical (unpaired) electrons. The lowest BCUT2D eigenvalue weighted by Gasteiger charge is -2.21. The fraction of sp³-hybridized carbons (Fsp3) is 0.211. The van der Waals surface area contributed by atoms with Gasteiger partial charge in [0.1, 0.15) is 6.61 Å². The van der Waals surface area contributed by atoms with Crippen LogP contribution in [0.2, 0.25) is 0 Å². The second-order valence-corrected chi connectivity index (χ2v) is 6.54. The molecule has 0 saturated carbocycles. The molecule has 1 N–H and O–H groups in total. The molecule has 1 aromatic carbocycles. The molecule has 4 heterocycles. The SMILES string of the molecule is COc1cc2cc3c(nc2cc1F)-c1cc2c(c(=O)n1C3)COC(=O)C2O. The lowest BCUT2D eigenvalue weighted by Crippen LogP contribution is -2.32. The van der Waals surface area contributed by atoms with Crippen LogP contribution in [0.1, 0.15) is 22.8 Å². The zero-order chi connectivity index (χ0) is 18.9. The van der Waals surface area contributed by atoms with E-state index in [0.717, 1.165) is 5.56 Å². The Kier molecular flexibility index (Phi) is 3.17. The predicted molar refractivity (Wildman–Crippen MR) is 91.8 cm³/mol. The average Bonchev–Trinajstić information content (AvgIpc) is 3.01. The van der Waals surface area contributed by atoms with Gasteiger partial charge in [-0.15, -0.1) is 0 Å². The first-order valence-corrected chi connectivity index (χ1v) is 8.27. The third-order valence-electron chi connectivity index (χ3n) is 5.05. The van der Waals surface area contributed by atoms with Crippen LogP contribution in [-0.4, -0.2) is 27.7 Å². The summed E-state index contributed by atoms with van der Waals surface area (Å²) in [6, 6.07) is 6.26. The highest BCUT2D eigenvalue weighted by Gasteiger charge is 2.33. The van der Waals surface area contributed by atoms with Gasteiger partial charge >= 0.3 is 5.97 Å². The van der Waals surface area contributed by atoms with E-state index >= 15 is 0 Å². The minimum Gasteiger partial charge on any atom is -0.494 e. The summed E-state index contributed by atoms with van der Waals surface area (Å²) in [7, 11) is 1.39. The molecule has 0 fully saturated rings. The zero-order valence-electron chi connectivity index (χ0n) is 14.2. The van der Waals surface area contributed by atoms with Gasteiger partial charge in [0.25, 0.3) is 5.56 Å². The summed E-state index contributed by atoms with van der Waals surface area (Å²) in [6.45, 7) is 0.127. The number of aromatic nitrogens is 2. The van der Waals surface area contributed by atoms with Crippen molar-refractivity contribution in [1.82, 2.24) is 9.55 Å². The second kappa shape index (κ2) is 5.37. The lowest BCUT2D eigenvalue weighted by molar-refractivity contribution is -0.157. The second-order valence-electron chi connectivity index (χ2n) is 6.54. The molecule has 0 bridgehead atoms. The van der Waals surface area contributed by atoms with Crippen molar-refractivity contribution in [3.8, 4) is 17.1 Å². The van der Waals surface area contributed by atoms with E-state index in [0.29, 0.717) is 28.8 Å². The largest absolute Gasteiger partial charge is 0.494 e. The highest BCUT2D eigenvalue weighted by atomic mass is 19.1. The van der Waals surface area contributed by atoms with Crippen molar-refractivity contribution in [3.63, 3.8) is 0 Å². The number of nitrogens with zero attached hydrogens (tertiary/aromatic N) is 2. The van der Waals surface area contributed by atoms with Crippen LogP contribution < -0.4 is 10.3 Å². The molecule has 2 aromatic heterocycles. The highest BCUT2D eigenvalue weighted by molar-refractivity contribution is 5.86. The standard InChI is InChI=1S/C19H13FN2O5/c1-26-15-3-8-2-9-6-22-14(16(9)21-13(8)5-12(15)20)4-10-11(18(22)24)7-27-19(25)17(10)23/h2-5,17,23H,6-7H2,1H3. The number of fused-ring (bicyclic) bond motifs is 5. The monoisotopic (exact) mass is 368 g/mol. The van der Waals surface area contributed by atoms with Crippen LogP contribution in [0.4, 0.5) is 4.39 Å². The van der Waals surface area contributed by atoms with E-state index in [2.05, 4.69) is 4.98 Å². The number of ether oxygens (including phenoxy) is 2. The molecular weight excluding hydrogens is 355 g/mol. The summed E-state index contributed by atoms with van der Waals surface area (Å²) in [5.74, 6) is -1.20. The topological polar surface area (TPSA) is 90.6 Å². The van der Waals surface area contributed by atoms with Crippen molar-refractivity contribution in [2.75, 3.05) is 7.11 Å². The zero-order valence-corrected chi connectivity index (χ0v) is 14.2. The van der Waals surface area contributed by atoms with Crippen LogP contribution in [0.15, 0.2) is 29.1 Å². The lowest BCUT2D eigenvalue weighted by atomic mass is 10.0. The van der Waals surface area contributed by atoms with Crippen molar-refractivity contribution < 1.29 is 23.8 Å². The van der Waals surface area contributed by atoms with Gasteiger partial charge in [-0.05, 0) is 18.2 Å². The number of rotatable bonds is 1. The molecular formula is C19H13FN2O5. The molecule has 2 aliphatic heterocycles. The summed E-state index contributed by atoms with van der Waals surface area (Å²) >= 11 is 0. The minimum atomic E-state index is -1.50. The Hall–Kier alpha value is -3.26. The van der Waals surface area contributed by atoms with Crippen LogP contribution in [0.25, 0.3) is 22.3 Å². The number of hydrogen-bond donors (Lipinski definition) is 1. The third kappa shape index (κ3) is 2.13. The number of hydrogen-bond acceptors (Lipinski definition) is 6. The fourth-order valence-electron chi connectivity index (χ4n) is 3.69. The maximum Gasteiger partial charge on any atom is 0.340 e. The minimum absolute atomic E-state index is 0.117. The Morgan fingerprint density at radius 1 is 1.30 bits per heavy atom. The first kappa shape index (κ1) is 16.0. The molecule has 1 atom stereocenters. The number of aliphatic hydroxyl groups excluding tert-OH is 1. The number of aliphatic hydroxyl groups is 1. The first-order chi connectivity index (χ1) is 13.0. The molecule has 0 saturated heterocycles. The van der Waals surface area contributed by atoms with Crippen LogP contribution in [0.3, 0.4) is 0 Å². The van der Waals surface area contributed by atoms with Gasteiger partial charge in [0.2, 0.25) is 0 Å². The maximum absolute atomic E-state index is 14.0. The molecule has 27 heavy (non-hydrogen) atoms. The average molecular weight is 368 g/mol. The van der Waals surface area contributed by atoms with E-state index < -0.39 is 17.9 Å². The van der Waals surface area contributed by atoms with Crippen LogP contribution in [0, 0.1) is 5.82 Å². The number of cyclic esters (lactones) is 1. The molecule has 0 amide bonds. The van der Waals surface area contributed by atoms with Crippen molar-refractivity contribution in [1.29, 1.82) is 0 Å². The number of benzene rings is 1. The first-order valence-electron chi connectivity index (χ1n) is 8.27. The molecule has 5 rings (SSSR count). The third-order valence-corrected chi connectivity index (χ3v) is 5.05. The molecule has 8 heteroatoms. The van der Waals surface area contributed by atoms with Gasteiger partial charge in [-0.25, -0.2) is 14.2 Å². The number of methoxy groups -OCH3 is 1. The molecule has 7 nitrogen and oxygen atoms in total. The summed E-state index contributed by atoms with van der Waals surface area (Å²) in [5, 5.41) is 10.8. The Balaban J connectivity index is 1.76. The maximum atomic E-state index is 14.0. The van der Waals surface area contributed by atoms with Crippen molar-refractivity contribution >= 4 is 16.9 Å². The number of carbonyl (C=O) groups excluding carboxylic acids is 1. The van der Waals surface area contributed by atoms with E-state index in [9.17, 15) is 19.1 Å². The van der Waals surface area contributed by atoms with Crippen LogP contribution in [0.5, 0.6) is 5.75 Å². The van der Waals surface area contributed by atoms with Crippen molar-refractivity contribution in [2.24, 2.45) is 0 Å². The summed E-state index contributed by atoms with van der Waals surface area (Å²) in [6.07, 6.45) is -1.50. The number of carbonyl (C=O) groups is 1. The smallest absolute Gasteiger partial charge is 0.340 e. The van der Waals surface area contributed by atoms with Crippen LogP contribution in [-0.2, 0) is 22.7 Å². The normalized spacial score (nSPS) is 17.3. The van der Waals surface area contributed by atoms with E-state index in [1.54, 1.807) is 12.1 Å². The van der Waals surface area contributed by atoms with Crippen LogP contribution >= 0.6 is 0 Å². The van der Waals surface area contributed by atoms with E-state index in [-0.39, 0.29) is 29.0 Å². The highest BCUT2D eigenvalue weighted by Crippen LogP contribution is 2.36. The van der Waals surface area contributed by atoms with E-state index in [1.165, 1.54) is 17.7 Å². The number of halogens is 1. The Labute approximate surface area is 151 Å². The molecule has 2 aliphatic rings. The quantitative estimate of drug-likeness (QED) is 0.514. The Morgan fingerprint density at radius 3 is 2.89 bits per heavy atom.